The standard InChI is InChI=1S/C15H26N4S/c1-12(2)8-16-9-14-10-17-15(20-14)19-7-6-18-5-3-4-13(18)11-19/h10,12-13,16H,3-9,11H2,1-2H3. The Balaban J connectivity index is 1.54. The predicted molar refractivity (Wildman–Crippen MR) is 85.5 cm³/mol. The van der Waals surface area contributed by atoms with Crippen LogP contribution in [0.15, 0.2) is 6.20 Å². The third-order valence-electron chi connectivity index (χ3n) is 4.25. The van der Waals surface area contributed by atoms with Crippen molar-refractivity contribution in [3.8, 4) is 0 Å². The lowest BCUT2D eigenvalue weighted by molar-refractivity contribution is 0.231. The van der Waals surface area contributed by atoms with E-state index in [0.29, 0.717) is 5.92 Å². The zero-order valence-electron chi connectivity index (χ0n) is 12.6. The SMILES string of the molecule is CC(C)CNCc1cnc(N2CCN3CCCC3C2)s1. The highest BCUT2D eigenvalue weighted by molar-refractivity contribution is 7.15. The summed E-state index contributed by atoms with van der Waals surface area (Å²) in [4.78, 5) is 11.1. The number of fused-ring (bicyclic) bond motifs is 1. The van der Waals surface area contributed by atoms with Gasteiger partial charge in [-0.1, -0.05) is 13.8 Å². The average Bonchev–Trinajstić information content (AvgIpc) is 3.05. The van der Waals surface area contributed by atoms with E-state index in [9.17, 15) is 0 Å². The molecule has 20 heavy (non-hydrogen) atoms. The van der Waals surface area contributed by atoms with Crippen molar-refractivity contribution in [2.75, 3.05) is 37.6 Å². The molecular formula is C15H26N4S. The van der Waals surface area contributed by atoms with Crippen LogP contribution in [0.5, 0.6) is 0 Å². The summed E-state index contributed by atoms with van der Waals surface area (Å²) in [7, 11) is 0. The summed E-state index contributed by atoms with van der Waals surface area (Å²) in [6.07, 6.45) is 4.79. The van der Waals surface area contributed by atoms with Gasteiger partial charge in [-0.15, -0.1) is 11.3 Å². The van der Waals surface area contributed by atoms with Crippen LogP contribution in [-0.4, -0.2) is 48.6 Å². The smallest absolute Gasteiger partial charge is 0.185 e. The van der Waals surface area contributed by atoms with Crippen molar-refractivity contribution in [3.63, 3.8) is 0 Å². The minimum absolute atomic E-state index is 0.706. The van der Waals surface area contributed by atoms with Crippen LogP contribution in [0.3, 0.4) is 0 Å². The van der Waals surface area contributed by atoms with Crippen molar-refractivity contribution < 1.29 is 0 Å². The van der Waals surface area contributed by atoms with E-state index in [1.807, 2.05) is 17.5 Å². The first kappa shape index (κ1) is 14.3. The van der Waals surface area contributed by atoms with Crippen LogP contribution in [0.25, 0.3) is 0 Å². The van der Waals surface area contributed by atoms with Crippen molar-refractivity contribution in [2.45, 2.75) is 39.3 Å². The number of rotatable bonds is 5. The van der Waals surface area contributed by atoms with E-state index < -0.39 is 0 Å². The molecule has 2 fully saturated rings. The molecule has 0 bridgehead atoms. The summed E-state index contributed by atoms with van der Waals surface area (Å²) < 4.78 is 0. The van der Waals surface area contributed by atoms with Crippen LogP contribution in [0, 0.1) is 5.92 Å². The fourth-order valence-corrected chi connectivity index (χ4v) is 4.09. The summed E-state index contributed by atoms with van der Waals surface area (Å²) >= 11 is 1.86. The Morgan fingerprint density at radius 3 is 3.15 bits per heavy atom. The molecule has 3 heterocycles. The summed E-state index contributed by atoms with van der Waals surface area (Å²) in [5, 5.41) is 4.72. The van der Waals surface area contributed by atoms with Gasteiger partial charge in [-0.25, -0.2) is 4.98 Å². The van der Waals surface area contributed by atoms with Crippen molar-refractivity contribution in [2.24, 2.45) is 5.92 Å². The van der Waals surface area contributed by atoms with Gasteiger partial charge in [0, 0.05) is 43.3 Å². The van der Waals surface area contributed by atoms with Gasteiger partial charge in [0.15, 0.2) is 5.13 Å². The number of anilines is 1. The monoisotopic (exact) mass is 294 g/mol. The molecule has 112 valence electrons. The zero-order chi connectivity index (χ0) is 13.9. The highest BCUT2D eigenvalue weighted by Gasteiger charge is 2.31. The molecule has 2 aliphatic heterocycles. The Morgan fingerprint density at radius 1 is 1.40 bits per heavy atom. The molecule has 1 N–H and O–H groups in total. The highest BCUT2D eigenvalue weighted by atomic mass is 32.1. The Kier molecular flexibility index (Phi) is 4.58. The summed E-state index contributed by atoms with van der Waals surface area (Å²) in [6, 6.07) is 0.773. The number of hydrogen-bond acceptors (Lipinski definition) is 5. The fourth-order valence-electron chi connectivity index (χ4n) is 3.17. The van der Waals surface area contributed by atoms with Crippen molar-refractivity contribution in [3.05, 3.63) is 11.1 Å². The van der Waals surface area contributed by atoms with Crippen LogP contribution in [0.2, 0.25) is 0 Å². The maximum atomic E-state index is 4.64. The van der Waals surface area contributed by atoms with Gasteiger partial charge >= 0.3 is 0 Å². The van der Waals surface area contributed by atoms with Gasteiger partial charge in [0.1, 0.15) is 0 Å². The molecule has 1 aromatic heterocycles. The third-order valence-corrected chi connectivity index (χ3v) is 5.31. The minimum atomic E-state index is 0.706. The lowest BCUT2D eigenvalue weighted by atomic mass is 10.2. The molecule has 3 rings (SSSR count). The second kappa shape index (κ2) is 6.41. The quantitative estimate of drug-likeness (QED) is 0.902. The van der Waals surface area contributed by atoms with Crippen LogP contribution in [-0.2, 0) is 6.54 Å². The summed E-state index contributed by atoms with van der Waals surface area (Å²) in [6.45, 7) is 11.4. The van der Waals surface area contributed by atoms with Gasteiger partial charge in [-0.05, 0) is 31.8 Å². The molecule has 0 aliphatic carbocycles. The zero-order valence-corrected chi connectivity index (χ0v) is 13.5. The predicted octanol–water partition coefficient (Wildman–Crippen LogP) is 2.17. The van der Waals surface area contributed by atoms with Crippen molar-refractivity contribution >= 4 is 16.5 Å². The molecule has 1 aromatic rings. The average molecular weight is 294 g/mol. The van der Waals surface area contributed by atoms with Gasteiger partial charge < -0.3 is 10.2 Å². The topological polar surface area (TPSA) is 31.4 Å². The Hall–Kier alpha value is -0.650. The van der Waals surface area contributed by atoms with Crippen molar-refractivity contribution in [1.82, 2.24) is 15.2 Å². The molecule has 1 unspecified atom stereocenters. The molecule has 5 heteroatoms. The lowest BCUT2D eigenvalue weighted by Crippen LogP contribution is -2.50. The highest BCUT2D eigenvalue weighted by Crippen LogP contribution is 2.28. The van der Waals surface area contributed by atoms with E-state index in [-0.39, 0.29) is 0 Å². The second-order valence-corrected chi connectivity index (χ2v) is 7.51. The summed E-state index contributed by atoms with van der Waals surface area (Å²) in [5.74, 6) is 0.706. The Morgan fingerprint density at radius 2 is 2.30 bits per heavy atom. The lowest BCUT2D eigenvalue weighted by Gasteiger charge is -2.37. The first-order chi connectivity index (χ1) is 9.72. The minimum Gasteiger partial charge on any atom is -0.345 e. The number of hydrogen-bond donors (Lipinski definition) is 1. The molecule has 0 saturated carbocycles. The van der Waals surface area contributed by atoms with Crippen LogP contribution in [0.1, 0.15) is 31.6 Å². The van der Waals surface area contributed by atoms with Gasteiger partial charge in [-0.2, -0.15) is 0 Å². The molecule has 1 atom stereocenters. The maximum absolute atomic E-state index is 4.64. The van der Waals surface area contributed by atoms with Gasteiger partial charge in [0.05, 0.1) is 0 Å². The van der Waals surface area contributed by atoms with E-state index in [1.165, 1.54) is 42.5 Å². The number of piperazine rings is 1. The molecule has 2 saturated heterocycles. The molecule has 0 amide bonds. The maximum Gasteiger partial charge on any atom is 0.185 e. The molecule has 0 spiro atoms. The van der Waals surface area contributed by atoms with E-state index in [0.717, 1.165) is 25.7 Å². The normalized spacial score (nSPS) is 23.6. The molecule has 2 aliphatic rings. The van der Waals surface area contributed by atoms with E-state index in [4.69, 9.17) is 0 Å². The number of nitrogens with one attached hydrogen (secondary N) is 1. The van der Waals surface area contributed by atoms with Crippen molar-refractivity contribution in [1.29, 1.82) is 0 Å². The second-order valence-electron chi connectivity index (χ2n) is 6.41. The molecule has 4 nitrogen and oxygen atoms in total. The summed E-state index contributed by atoms with van der Waals surface area (Å²) in [5.41, 5.74) is 0. The van der Waals surface area contributed by atoms with E-state index in [2.05, 4.69) is 33.9 Å². The Labute approximate surface area is 126 Å². The fraction of sp³-hybridized carbons (Fsp3) is 0.800. The first-order valence-electron chi connectivity index (χ1n) is 7.87. The Bertz CT molecular complexity index is 431. The van der Waals surface area contributed by atoms with E-state index in [1.54, 1.807) is 0 Å². The molecule has 0 radical (unpaired) electrons. The molecule has 0 aromatic carbocycles. The van der Waals surface area contributed by atoms with Crippen LogP contribution in [0.4, 0.5) is 5.13 Å². The molecular weight excluding hydrogens is 268 g/mol. The van der Waals surface area contributed by atoms with Crippen LogP contribution < -0.4 is 10.2 Å². The van der Waals surface area contributed by atoms with Gasteiger partial charge in [0.2, 0.25) is 0 Å². The third kappa shape index (κ3) is 3.32. The van der Waals surface area contributed by atoms with Crippen LogP contribution >= 0.6 is 11.3 Å². The number of thiazole rings is 1. The van der Waals surface area contributed by atoms with Gasteiger partial charge in [0.25, 0.3) is 0 Å². The number of aromatic nitrogens is 1. The van der Waals surface area contributed by atoms with Gasteiger partial charge in [-0.3, -0.25) is 4.90 Å². The number of nitrogens with zero attached hydrogens (tertiary/aromatic N) is 3. The first-order valence-corrected chi connectivity index (χ1v) is 8.68. The van der Waals surface area contributed by atoms with E-state index >= 15 is 0 Å². The largest absolute Gasteiger partial charge is 0.345 e.